The first-order valence-electron chi connectivity index (χ1n) is 6.90. The lowest BCUT2D eigenvalue weighted by Crippen LogP contribution is -2.48. The van der Waals surface area contributed by atoms with Crippen LogP contribution in [0.15, 0.2) is 28.9 Å². The van der Waals surface area contributed by atoms with Crippen molar-refractivity contribution in [2.75, 3.05) is 6.54 Å². The summed E-state index contributed by atoms with van der Waals surface area (Å²) < 4.78 is 5.05. The third-order valence-electron chi connectivity index (χ3n) is 2.70. The maximum Gasteiger partial charge on any atom is 0.322 e. The van der Waals surface area contributed by atoms with Gasteiger partial charge in [0, 0.05) is 6.08 Å². The van der Waals surface area contributed by atoms with Crippen LogP contribution in [0.3, 0.4) is 0 Å². The standard InChI is InChI=1S/C15H20N2O5/c1-10(2)8-12(15(21)16-9-14(19)20)17-13(18)6-5-11-4-3-7-22-11/h3-7,10,12H,8-9H2,1-2H3,(H,16,21)(H,17,18)(H,19,20)/t12-/m0/s1. The molecule has 1 aromatic rings. The maximum absolute atomic E-state index is 11.9. The Balaban J connectivity index is 2.61. The Kier molecular flexibility index (Phi) is 6.88. The number of carboxylic acid groups (broad SMARTS) is 1. The summed E-state index contributed by atoms with van der Waals surface area (Å²) in [6.07, 6.45) is 4.64. The summed E-state index contributed by atoms with van der Waals surface area (Å²) in [4.78, 5) is 34.2. The largest absolute Gasteiger partial charge is 0.480 e. The van der Waals surface area contributed by atoms with Gasteiger partial charge < -0.3 is 20.2 Å². The van der Waals surface area contributed by atoms with Crippen LogP contribution in [0.25, 0.3) is 6.08 Å². The average Bonchev–Trinajstić information content (AvgIpc) is 2.94. The van der Waals surface area contributed by atoms with E-state index < -0.39 is 30.4 Å². The quantitative estimate of drug-likeness (QED) is 0.621. The molecule has 0 fully saturated rings. The van der Waals surface area contributed by atoms with Crippen LogP contribution in [-0.2, 0) is 14.4 Å². The number of nitrogens with one attached hydrogen (secondary N) is 2. The third kappa shape index (κ3) is 6.74. The molecule has 0 saturated heterocycles. The molecule has 0 aliphatic carbocycles. The molecular weight excluding hydrogens is 288 g/mol. The van der Waals surface area contributed by atoms with E-state index in [0.717, 1.165) is 0 Å². The summed E-state index contributed by atoms with van der Waals surface area (Å²) in [5.41, 5.74) is 0. The number of aliphatic carboxylic acids is 1. The van der Waals surface area contributed by atoms with Crippen LogP contribution in [0.5, 0.6) is 0 Å². The van der Waals surface area contributed by atoms with E-state index in [9.17, 15) is 14.4 Å². The zero-order chi connectivity index (χ0) is 16.5. The Morgan fingerprint density at radius 2 is 2.09 bits per heavy atom. The molecule has 0 saturated carbocycles. The summed E-state index contributed by atoms with van der Waals surface area (Å²) in [5.74, 6) is -1.43. The topological polar surface area (TPSA) is 109 Å². The van der Waals surface area contributed by atoms with Gasteiger partial charge in [-0.15, -0.1) is 0 Å². The number of carboxylic acids is 1. The molecule has 0 radical (unpaired) electrons. The van der Waals surface area contributed by atoms with Gasteiger partial charge in [0.25, 0.3) is 0 Å². The summed E-state index contributed by atoms with van der Waals surface area (Å²) in [6, 6.07) is 2.60. The molecule has 0 aliphatic heterocycles. The number of furan rings is 1. The van der Waals surface area contributed by atoms with Crippen LogP contribution in [0.2, 0.25) is 0 Å². The van der Waals surface area contributed by atoms with Crippen molar-refractivity contribution < 1.29 is 23.9 Å². The highest BCUT2D eigenvalue weighted by Gasteiger charge is 2.21. The third-order valence-corrected chi connectivity index (χ3v) is 2.70. The van der Waals surface area contributed by atoms with Crippen LogP contribution in [0.1, 0.15) is 26.0 Å². The van der Waals surface area contributed by atoms with Crippen LogP contribution in [-0.4, -0.2) is 35.5 Å². The van der Waals surface area contributed by atoms with Crippen molar-refractivity contribution in [1.29, 1.82) is 0 Å². The smallest absolute Gasteiger partial charge is 0.322 e. The molecule has 1 heterocycles. The molecule has 2 amide bonds. The normalized spacial score (nSPS) is 12.3. The highest BCUT2D eigenvalue weighted by molar-refractivity contribution is 5.95. The minimum absolute atomic E-state index is 0.162. The maximum atomic E-state index is 11.9. The molecule has 7 heteroatoms. The number of amides is 2. The molecule has 3 N–H and O–H groups in total. The van der Waals surface area contributed by atoms with E-state index in [2.05, 4.69) is 10.6 Å². The van der Waals surface area contributed by atoms with Gasteiger partial charge in [0.05, 0.1) is 6.26 Å². The van der Waals surface area contributed by atoms with Gasteiger partial charge in [-0.05, 0) is 30.5 Å². The Hall–Kier alpha value is -2.57. The van der Waals surface area contributed by atoms with E-state index in [-0.39, 0.29) is 5.92 Å². The van der Waals surface area contributed by atoms with Crippen LogP contribution < -0.4 is 10.6 Å². The lowest BCUT2D eigenvalue weighted by Gasteiger charge is -2.18. The van der Waals surface area contributed by atoms with Gasteiger partial charge in [0.2, 0.25) is 11.8 Å². The minimum Gasteiger partial charge on any atom is -0.480 e. The molecule has 0 unspecified atom stereocenters. The van der Waals surface area contributed by atoms with Crippen molar-refractivity contribution in [3.63, 3.8) is 0 Å². The molecule has 22 heavy (non-hydrogen) atoms. The van der Waals surface area contributed by atoms with E-state index in [1.165, 1.54) is 18.4 Å². The number of hydrogen-bond donors (Lipinski definition) is 3. The van der Waals surface area contributed by atoms with E-state index in [0.29, 0.717) is 12.2 Å². The first kappa shape index (κ1) is 17.5. The van der Waals surface area contributed by atoms with Crippen molar-refractivity contribution in [2.24, 2.45) is 5.92 Å². The highest BCUT2D eigenvalue weighted by atomic mass is 16.4. The summed E-state index contributed by atoms with van der Waals surface area (Å²) in [6.45, 7) is 3.33. The second-order valence-electron chi connectivity index (χ2n) is 5.15. The number of carbonyl (C=O) groups excluding carboxylic acids is 2. The molecule has 0 aromatic carbocycles. The molecule has 0 bridgehead atoms. The Labute approximate surface area is 128 Å². The minimum atomic E-state index is -1.14. The fourth-order valence-corrected chi connectivity index (χ4v) is 1.75. The van der Waals surface area contributed by atoms with E-state index in [4.69, 9.17) is 9.52 Å². The highest BCUT2D eigenvalue weighted by Crippen LogP contribution is 2.06. The average molecular weight is 308 g/mol. The van der Waals surface area contributed by atoms with Crippen molar-refractivity contribution in [1.82, 2.24) is 10.6 Å². The number of hydrogen-bond acceptors (Lipinski definition) is 4. The van der Waals surface area contributed by atoms with E-state index >= 15 is 0 Å². The molecule has 1 atom stereocenters. The first-order chi connectivity index (χ1) is 10.4. The molecule has 0 aliphatic rings. The molecule has 1 aromatic heterocycles. The summed E-state index contributed by atoms with van der Waals surface area (Å²) in [7, 11) is 0. The zero-order valence-electron chi connectivity index (χ0n) is 12.5. The van der Waals surface area contributed by atoms with Crippen LogP contribution in [0.4, 0.5) is 0 Å². The Morgan fingerprint density at radius 3 is 2.64 bits per heavy atom. The van der Waals surface area contributed by atoms with Crippen molar-refractivity contribution >= 4 is 23.9 Å². The van der Waals surface area contributed by atoms with Gasteiger partial charge in [-0.3, -0.25) is 14.4 Å². The lowest BCUT2D eigenvalue weighted by molar-refractivity contribution is -0.138. The molecule has 120 valence electrons. The Bertz CT molecular complexity index is 534. The SMILES string of the molecule is CC(C)C[C@H](NC(=O)C=Cc1ccco1)C(=O)NCC(=O)O. The number of rotatable bonds is 8. The van der Waals surface area contributed by atoms with Crippen LogP contribution >= 0.6 is 0 Å². The zero-order valence-corrected chi connectivity index (χ0v) is 12.5. The molecule has 7 nitrogen and oxygen atoms in total. The van der Waals surface area contributed by atoms with Gasteiger partial charge in [0.15, 0.2) is 0 Å². The van der Waals surface area contributed by atoms with Gasteiger partial charge in [-0.25, -0.2) is 0 Å². The fourth-order valence-electron chi connectivity index (χ4n) is 1.75. The molecule has 0 spiro atoms. The number of carbonyl (C=O) groups is 3. The first-order valence-corrected chi connectivity index (χ1v) is 6.90. The van der Waals surface area contributed by atoms with Crippen LogP contribution in [0, 0.1) is 5.92 Å². The fraction of sp³-hybridized carbons (Fsp3) is 0.400. The molecular formula is C15H20N2O5. The van der Waals surface area contributed by atoms with E-state index in [1.54, 1.807) is 12.1 Å². The second-order valence-corrected chi connectivity index (χ2v) is 5.15. The Morgan fingerprint density at radius 1 is 1.36 bits per heavy atom. The van der Waals surface area contributed by atoms with Crippen molar-refractivity contribution in [3.8, 4) is 0 Å². The van der Waals surface area contributed by atoms with Crippen molar-refractivity contribution in [3.05, 3.63) is 30.2 Å². The van der Waals surface area contributed by atoms with Gasteiger partial charge in [0.1, 0.15) is 18.3 Å². The summed E-state index contributed by atoms with van der Waals surface area (Å²) >= 11 is 0. The predicted molar refractivity (Wildman–Crippen MR) is 79.8 cm³/mol. The predicted octanol–water partition coefficient (Wildman–Crippen LogP) is 1.02. The second kappa shape index (κ2) is 8.66. The van der Waals surface area contributed by atoms with E-state index in [1.807, 2.05) is 13.8 Å². The van der Waals surface area contributed by atoms with Crippen molar-refractivity contribution in [2.45, 2.75) is 26.3 Å². The lowest BCUT2D eigenvalue weighted by atomic mass is 10.0. The molecule has 1 rings (SSSR count). The summed E-state index contributed by atoms with van der Waals surface area (Å²) in [5, 5.41) is 13.4. The monoisotopic (exact) mass is 308 g/mol. The van der Waals surface area contributed by atoms with Gasteiger partial charge in [-0.1, -0.05) is 13.8 Å². The van der Waals surface area contributed by atoms with Gasteiger partial charge >= 0.3 is 5.97 Å². The van der Waals surface area contributed by atoms with Gasteiger partial charge in [-0.2, -0.15) is 0 Å².